The van der Waals surface area contributed by atoms with E-state index in [2.05, 4.69) is 22.2 Å². The number of amides is 2. The minimum atomic E-state index is -0.508. The number of carbonyl (C=O) groups excluding carboxylic acids is 2. The topological polar surface area (TPSA) is 86.6 Å². The van der Waals surface area contributed by atoms with E-state index in [4.69, 9.17) is 16.6 Å². The second-order valence-electron chi connectivity index (χ2n) is 7.27. The van der Waals surface area contributed by atoms with Crippen molar-refractivity contribution in [2.45, 2.75) is 51.0 Å². The fourth-order valence-corrected chi connectivity index (χ4v) is 3.81. The number of hydrogen-bond acceptors (Lipinski definition) is 4. The fourth-order valence-electron chi connectivity index (χ4n) is 3.65. The Hall–Kier alpha value is -2.61. The number of hydrazine groups is 1. The lowest BCUT2D eigenvalue weighted by Gasteiger charge is -2.23. The van der Waals surface area contributed by atoms with Gasteiger partial charge in [0.05, 0.1) is 6.26 Å². The average Bonchev–Trinajstić information content (AvgIpc) is 3.43. The molecular formula is C21H28N4O3S. The molecule has 8 heteroatoms. The molecule has 1 aromatic rings. The maximum Gasteiger partial charge on any atom is 0.261 e. The summed E-state index contributed by atoms with van der Waals surface area (Å²) >= 11 is 5.22. The summed E-state index contributed by atoms with van der Waals surface area (Å²) in [4.78, 5) is 26.5. The molecule has 29 heavy (non-hydrogen) atoms. The van der Waals surface area contributed by atoms with E-state index in [1.54, 1.807) is 29.4 Å². The Morgan fingerprint density at radius 1 is 1.28 bits per heavy atom. The van der Waals surface area contributed by atoms with Gasteiger partial charge in [0.1, 0.15) is 11.8 Å². The van der Waals surface area contributed by atoms with Gasteiger partial charge < -0.3 is 14.6 Å². The summed E-state index contributed by atoms with van der Waals surface area (Å²) in [6.45, 7) is 1.29. The van der Waals surface area contributed by atoms with Crippen molar-refractivity contribution < 1.29 is 14.0 Å². The predicted octanol–water partition coefficient (Wildman–Crippen LogP) is 2.67. The van der Waals surface area contributed by atoms with E-state index in [0.717, 1.165) is 19.4 Å². The van der Waals surface area contributed by atoms with Crippen molar-refractivity contribution in [2.24, 2.45) is 0 Å². The number of thiocarbonyl (C=S) groups is 1. The lowest BCUT2D eigenvalue weighted by atomic mass is 9.97. The molecule has 3 rings (SSSR count). The van der Waals surface area contributed by atoms with Crippen LogP contribution in [0.15, 0.2) is 40.5 Å². The molecule has 1 saturated heterocycles. The van der Waals surface area contributed by atoms with E-state index in [9.17, 15) is 9.59 Å². The van der Waals surface area contributed by atoms with Gasteiger partial charge in [-0.15, -0.1) is 0 Å². The standard InChI is InChI=1S/C21H28N4O3S/c26-19(11-10-17-8-5-15-28-17)25-14-4-9-18(25)20(27)23-24-21(29)22-13-12-16-6-2-1-3-7-16/h5-6,8,10-11,15,18H,1-4,7,9,12-14H2,(H,23,27)(H2,22,24,29). The molecule has 1 fully saturated rings. The Labute approximate surface area is 176 Å². The van der Waals surface area contributed by atoms with Crippen LogP contribution in [0.1, 0.15) is 50.7 Å². The normalized spacial score (nSPS) is 19.1. The van der Waals surface area contributed by atoms with Gasteiger partial charge >= 0.3 is 0 Å². The molecule has 1 atom stereocenters. The summed E-state index contributed by atoms with van der Waals surface area (Å²) in [5.74, 6) is 0.127. The monoisotopic (exact) mass is 416 g/mol. The largest absolute Gasteiger partial charge is 0.465 e. The van der Waals surface area contributed by atoms with Gasteiger partial charge in [0, 0.05) is 19.2 Å². The first kappa shape index (κ1) is 21.1. The molecular weight excluding hydrogens is 388 g/mol. The fraction of sp³-hybridized carbons (Fsp3) is 0.476. The highest BCUT2D eigenvalue weighted by molar-refractivity contribution is 7.80. The maximum atomic E-state index is 12.5. The molecule has 1 aliphatic carbocycles. The zero-order valence-electron chi connectivity index (χ0n) is 16.5. The van der Waals surface area contributed by atoms with Crippen LogP contribution in [0.25, 0.3) is 6.08 Å². The second-order valence-corrected chi connectivity index (χ2v) is 7.67. The minimum Gasteiger partial charge on any atom is -0.465 e. The molecule has 3 N–H and O–H groups in total. The number of carbonyl (C=O) groups is 2. The number of furan rings is 1. The lowest BCUT2D eigenvalue weighted by Crippen LogP contribution is -2.53. The van der Waals surface area contributed by atoms with Crippen LogP contribution in [-0.4, -0.2) is 41.0 Å². The molecule has 0 radical (unpaired) electrons. The molecule has 156 valence electrons. The lowest BCUT2D eigenvalue weighted by molar-refractivity contribution is -0.135. The summed E-state index contributed by atoms with van der Waals surface area (Å²) < 4.78 is 5.18. The van der Waals surface area contributed by atoms with Crippen molar-refractivity contribution in [3.05, 3.63) is 41.9 Å². The molecule has 2 aliphatic rings. The Morgan fingerprint density at radius 2 is 2.17 bits per heavy atom. The highest BCUT2D eigenvalue weighted by Gasteiger charge is 2.33. The quantitative estimate of drug-likeness (QED) is 0.286. The number of hydrogen-bond donors (Lipinski definition) is 3. The van der Waals surface area contributed by atoms with Crippen LogP contribution in [-0.2, 0) is 9.59 Å². The zero-order chi connectivity index (χ0) is 20.5. The Balaban J connectivity index is 1.40. The summed E-state index contributed by atoms with van der Waals surface area (Å²) in [5, 5.41) is 3.49. The molecule has 1 aliphatic heterocycles. The van der Waals surface area contributed by atoms with Gasteiger partial charge in [-0.05, 0) is 75.4 Å². The third kappa shape index (κ3) is 6.45. The number of nitrogens with one attached hydrogen (secondary N) is 3. The van der Waals surface area contributed by atoms with Crippen LogP contribution < -0.4 is 16.2 Å². The van der Waals surface area contributed by atoms with E-state index in [-0.39, 0.29) is 11.8 Å². The van der Waals surface area contributed by atoms with E-state index >= 15 is 0 Å². The molecule has 0 aromatic carbocycles. The zero-order valence-corrected chi connectivity index (χ0v) is 17.3. The summed E-state index contributed by atoms with van der Waals surface area (Å²) in [6.07, 6.45) is 14.2. The van der Waals surface area contributed by atoms with Gasteiger partial charge in [-0.2, -0.15) is 0 Å². The molecule has 2 amide bonds. The van der Waals surface area contributed by atoms with Gasteiger partial charge in [-0.3, -0.25) is 20.4 Å². The Kier molecular flexibility index (Phi) is 7.86. The van der Waals surface area contributed by atoms with Gasteiger partial charge in [0.15, 0.2) is 5.11 Å². The smallest absolute Gasteiger partial charge is 0.261 e. The first-order valence-corrected chi connectivity index (χ1v) is 10.6. The number of nitrogens with zero attached hydrogens (tertiary/aromatic N) is 1. The molecule has 0 saturated carbocycles. The van der Waals surface area contributed by atoms with Crippen molar-refractivity contribution in [3.8, 4) is 0 Å². The SMILES string of the molecule is O=C(NNC(=S)NCCC1=CCCCC1)C1CCCN1C(=O)C=Cc1ccco1. The molecule has 2 heterocycles. The first-order valence-electron chi connectivity index (χ1n) is 10.2. The van der Waals surface area contributed by atoms with E-state index in [1.165, 1.54) is 37.3 Å². The van der Waals surface area contributed by atoms with Crippen molar-refractivity contribution in [1.29, 1.82) is 0 Å². The van der Waals surface area contributed by atoms with Crippen LogP contribution in [0, 0.1) is 0 Å². The van der Waals surface area contributed by atoms with E-state index in [1.807, 2.05) is 0 Å². The van der Waals surface area contributed by atoms with Gasteiger partial charge in [0.25, 0.3) is 5.91 Å². The minimum absolute atomic E-state index is 0.208. The molecule has 0 bridgehead atoms. The van der Waals surface area contributed by atoms with E-state index in [0.29, 0.717) is 23.8 Å². The third-order valence-electron chi connectivity index (χ3n) is 5.19. The molecule has 0 spiro atoms. The number of allylic oxidation sites excluding steroid dienone is 1. The highest BCUT2D eigenvalue weighted by atomic mass is 32.1. The average molecular weight is 417 g/mol. The summed E-state index contributed by atoms with van der Waals surface area (Å²) in [5.41, 5.74) is 6.84. The molecule has 1 unspecified atom stereocenters. The summed E-state index contributed by atoms with van der Waals surface area (Å²) in [7, 11) is 0. The van der Waals surface area contributed by atoms with Crippen molar-refractivity contribution in [3.63, 3.8) is 0 Å². The highest BCUT2D eigenvalue weighted by Crippen LogP contribution is 2.19. The Bertz CT molecular complexity index is 773. The van der Waals surface area contributed by atoms with Crippen molar-refractivity contribution in [1.82, 2.24) is 21.1 Å². The van der Waals surface area contributed by atoms with Gasteiger partial charge in [-0.25, -0.2) is 0 Å². The van der Waals surface area contributed by atoms with Crippen molar-refractivity contribution >= 4 is 35.2 Å². The van der Waals surface area contributed by atoms with Gasteiger partial charge in [-0.1, -0.05) is 11.6 Å². The van der Waals surface area contributed by atoms with E-state index < -0.39 is 6.04 Å². The predicted molar refractivity (Wildman–Crippen MR) is 116 cm³/mol. The van der Waals surface area contributed by atoms with Crippen LogP contribution >= 0.6 is 12.2 Å². The van der Waals surface area contributed by atoms with Crippen LogP contribution in [0.2, 0.25) is 0 Å². The first-order chi connectivity index (χ1) is 14.1. The molecule has 1 aromatic heterocycles. The second kappa shape index (κ2) is 10.8. The van der Waals surface area contributed by atoms with Crippen LogP contribution in [0.5, 0.6) is 0 Å². The maximum absolute atomic E-state index is 12.5. The van der Waals surface area contributed by atoms with Crippen LogP contribution in [0.3, 0.4) is 0 Å². The molecule has 7 nitrogen and oxygen atoms in total. The van der Waals surface area contributed by atoms with Crippen molar-refractivity contribution in [2.75, 3.05) is 13.1 Å². The van der Waals surface area contributed by atoms with Crippen LogP contribution in [0.4, 0.5) is 0 Å². The Morgan fingerprint density at radius 3 is 2.93 bits per heavy atom. The van der Waals surface area contributed by atoms with Gasteiger partial charge in [0.2, 0.25) is 5.91 Å². The number of likely N-dealkylation sites (tertiary alicyclic amines) is 1. The number of rotatable bonds is 6. The summed E-state index contributed by atoms with van der Waals surface area (Å²) in [6, 6.07) is 3.01. The third-order valence-corrected chi connectivity index (χ3v) is 5.43.